The number of benzene rings is 1. The molecule has 1 unspecified atom stereocenters. The van der Waals surface area contributed by atoms with Crippen molar-refractivity contribution >= 4 is 17.2 Å². The molecule has 1 aliphatic heterocycles. The molecule has 2 heterocycles. The second-order valence-corrected chi connectivity index (χ2v) is 7.22. The second kappa shape index (κ2) is 6.99. The first kappa shape index (κ1) is 17.0. The van der Waals surface area contributed by atoms with E-state index in [1.54, 1.807) is 12.1 Å². The van der Waals surface area contributed by atoms with E-state index >= 15 is 0 Å². The number of hydrogen-bond donors (Lipinski definition) is 0. The summed E-state index contributed by atoms with van der Waals surface area (Å²) in [7, 11) is 0. The van der Waals surface area contributed by atoms with Crippen molar-refractivity contribution in [2.24, 2.45) is 0 Å². The maximum Gasteiger partial charge on any atom is 0.229 e. The number of ether oxygens (including phenoxy) is 1. The van der Waals surface area contributed by atoms with Gasteiger partial charge in [-0.1, -0.05) is 6.92 Å². The summed E-state index contributed by atoms with van der Waals surface area (Å²) in [6, 6.07) is 6.23. The van der Waals surface area contributed by atoms with Gasteiger partial charge in [0.2, 0.25) is 5.91 Å². The molecule has 1 fully saturated rings. The summed E-state index contributed by atoms with van der Waals surface area (Å²) in [6.45, 7) is 5.95. The summed E-state index contributed by atoms with van der Waals surface area (Å²) < 4.78 is 18.8. The summed E-state index contributed by atoms with van der Waals surface area (Å²) in [6.07, 6.45) is 1.18. The zero-order chi connectivity index (χ0) is 17.2. The van der Waals surface area contributed by atoms with Crippen LogP contribution in [0.2, 0.25) is 0 Å². The fourth-order valence-electron chi connectivity index (χ4n) is 2.74. The largest absolute Gasteiger partial charge is 0.372 e. The Morgan fingerprint density at radius 3 is 2.88 bits per heavy atom. The molecule has 24 heavy (non-hydrogen) atoms. The van der Waals surface area contributed by atoms with Gasteiger partial charge in [0.1, 0.15) is 10.8 Å². The fraction of sp³-hybridized carbons (Fsp3) is 0.444. The van der Waals surface area contributed by atoms with Crippen molar-refractivity contribution < 1.29 is 13.9 Å². The van der Waals surface area contributed by atoms with Gasteiger partial charge in [-0.15, -0.1) is 11.3 Å². The molecule has 1 atom stereocenters. The van der Waals surface area contributed by atoms with Gasteiger partial charge in [0.25, 0.3) is 0 Å². The lowest BCUT2D eigenvalue weighted by atomic mass is 10.0. The minimum Gasteiger partial charge on any atom is -0.372 e. The second-order valence-electron chi connectivity index (χ2n) is 6.28. The average Bonchev–Trinajstić information content (AvgIpc) is 3.04. The van der Waals surface area contributed by atoms with Gasteiger partial charge in [-0.3, -0.25) is 4.79 Å². The van der Waals surface area contributed by atoms with Gasteiger partial charge in [-0.25, -0.2) is 9.37 Å². The number of thiazole rings is 1. The molecule has 0 N–H and O–H groups in total. The maximum atomic E-state index is 13.0. The number of nitrogens with zero attached hydrogens (tertiary/aromatic N) is 2. The molecule has 6 heteroatoms. The maximum absolute atomic E-state index is 13.0. The van der Waals surface area contributed by atoms with E-state index in [0.717, 1.165) is 22.7 Å². The summed E-state index contributed by atoms with van der Waals surface area (Å²) >= 11 is 1.46. The SMILES string of the molecule is CCC1(C)CN(C(=O)Cc2nc(-c3ccc(F)cc3)cs2)CCO1. The molecule has 0 bridgehead atoms. The molecule has 4 nitrogen and oxygen atoms in total. The van der Waals surface area contributed by atoms with Crippen molar-refractivity contribution in [3.63, 3.8) is 0 Å². The van der Waals surface area contributed by atoms with Crippen molar-refractivity contribution in [2.75, 3.05) is 19.7 Å². The minimum atomic E-state index is -0.268. The molecule has 0 radical (unpaired) electrons. The van der Waals surface area contributed by atoms with Crippen LogP contribution in [0.25, 0.3) is 11.3 Å². The Labute approximate surface area is 145 Å². The smallest absolute Gasteiger partial charge is 0.229 e. The molecule has 0 spiro atoms. The van der Waals surface area contributed by atoms with Crippen LogP contribution in [-0.4, -0.2) is 41.1 Å². The minimum absolute atomic E-state index is 0.0815. The molecule has 1 aromatic heterocycles. The molecule has 0 aliphatic carbocycles. The number of morpholine rings is 1. The Bertz CT molecular complexity index is 716. The predicted molar refractivity (Wildman–Crippen MR) is 92.4 cm³/mol. The molecule has 1 aromatic carbocycles. The summed E-state index contributed by atoms with van der Waals surface area (Å²) in [4.78, 5) is 18.9. The zero-order valence-corrected chi connectivity index (χ0v) is 14.7. The van der Waals surface area contributed by atoms with Crippen LogP contribution in [0.3, 0.4) is 0 Å². The highest BCUT2D eigenvalue weighted by Crippen LogP contribution is 2.24. The van der Waals surface area contributed by atoms with Gasteiger partial charge in [0.15, 0.2) is 0 Å². The van der Waals surface area contributed by atoms with Crippen molar-refractivity contribution in [1.82, 2.24) is 9.88 Å². The van der Waals surface area contributed by atoms with E-state index in [2.05, 4.69) is 11.9 Å². The molecular weight excluding hydrogens is 327 g/mol. The van der Waals surface area contributed by atoms with Crippen LogP contribution in [0.4, 0.5) is 4.39 Å². The van der Waals surface area contributed by atoms with E-state index < -0.39 is 0 Å². The normalized spacial score (nSPS) is 21.0. The number of carbonyl (C=O) groups is 1. The number of halogens is 1. The number of carbonyl (C=O) groups excluding carboxylic acids is 1. The first-order valence-corrected chi connectivity index (χ1v) is 8.99. The summed E-state index contributed by atoms with van der Waals surface area (Å²) in [5, 5.41) is 2.69. The lowest BCUT2D eigenvalue weighted by Crippen LogP contribution is -2.52. The van der Waals surface area contributed by atoms with Gasteiger partial charge in [0.05, 0.1) is 24.3 Å². The molecule has 128 valence electrons. The number of amides is 1. The van der Waals surface area contributed by atoms with Crippen LogP contribution >= 0.6 is 11.3 Å². The highest BCUT2D eigenvalue weighted by Gasteiger charge is 2.32. The Kier molecular flexibility index (Phi) is 4.96. The molecule has 3 rings (SSSR count). The Hall–Kier alpha value is -1.79. The van der Waals surface area contributed by atoms with E-state index in [0.29, 0.717) is 26.1 Å². The number of aromatic nitrogens is 1. The third-order valence-corrected chi connectivity index (χ3v) is 5.28. The lowest BCUT2D eigenvalue weighted by molar-refractivity contribution is -0.147. The highest BCUT2D eigenvalue weighted by atomic mass is 32.1. The predicted octanol–water partition coefficient (Wildman–Crippen LogP) is 3.52. The van der Waals surface area contributed by atoms with Crippen LogP contribution in [-0.2, 0) is 16.0 Å². The van der Waals surface area contributed by atoms with E-state index in [9.17, 15) is 9.18 Å². The third-order valence-electron chi connectivity index (χ3n) is 4.43. The molecule has 0 saturated carbocycles. The number of rotatable bonds is 4. The van der Waals surface area contributed by atoms with E-state index in [-0.39, 0.29) is 17.3 Å². The molecule has 1 amide bonds. The fourth-order valence-corrected chi connectivity index (χ4v) is 3.54. The van der Waals surface area contributed by atoms with Crippen LogP contribution < -0.4 is 0 Å². The van der Waals surface area contributed by atoms with E-state index in [4.69, 9.17) is 4.74 Å². The van der Waals surface area contributed by atoms with Crippen LogP contribution in [0.1, 0.15) is 25.3 Å². The van der Waals surface area contributed by atoms with Gasteiger partial charge in [-0.2, -0.15) is 0 Å². The molecule has 1 saturated heterocycles. The van der Waals surface area contributed by atoms with Crippen molar-refractivity contribution in [1.29, 1.82) is 0 Å². The lowest BCUT2D eigenvalue weighted by Gasteiger charge is -2.40. The zero-order valence-electron chi connectivity index (χ0n) is 13.9. The summed E-state index contributed by atoms with van der Waals surface area (Å²) in [5.74, 6) is -0.186. The highest BCUT2D eigenvalue weighted by molar-refractivity contribution is 7.10. The van der Waals surface area contributed by atoms with E-state index in [1.165, 1.54) is 23.5 Å². The van der Waals surface area contributed by atoms with Gasteiger partial charge < -0.3 is 9.64 Å². The number of hydrogen-bond acceptors (Lipinski definition) is 4. The first-order valence-electron chi connectivity index (χ1n) is 8.11. The van der Waals surface area contributed by atoms with Crippen LogP contribution in [0.5, 0.6) is 0 Å². The quantitative estimate of drug-likeness (QED) is 0.849. The third kappa shape index (κ3) is 3.82. The van der Waals surface area contributed by atoms with Crippen LogP contribution in [0, 0.1) is 5.82 Å². The monoisotopic (exact) mass is 348 g/mol. The van der Waals surface area contributed by atoms with Gasteiger partial charge in [0, 0.05) is 24.0 Å². The standard InChI is InChI=1S/C18H21FN2O2S/c1-3-18(2)12-21(8-9-23-18)17(22)10-16-20-15(11-24-16)13-4-6-14(19)7-5-13/h4-7,11H,3,8-10,12H2,1-2H3. The van der Waals surface area contributed by atoms with Gasteiger partial charge >= 0.3 is 0 Å². The Morgan fingerprint density at radius 1 is 1.42 bits per heavy atom. The van der Waals surface area contributed by atoms with Crippen LogP contribution in [0.15, 0.2) is 29.6 Å². The topological polar surface area (TPSA) is 42.4 Å². The van der Waals surface area contributed by atoms with Crippen molar-refractivity contribution in [3.8, 4) is 11.3 Å². The van der Waals surface area contributed by atoms with Crippen molar-refractivity contribution in [2.45, 2.75) is 32.3 Å². The van der Waals surface area contributed by atoms with Crippen molar-refractivity contribution in [3.05, 3.63) is 40.5 Å². The molecular formula is C18H21FN2O2S. The average molecular weight is 348 g/mol. The Balaban J connectivity index is 1.66. The van der Waals surface area contributed by atoms with E-state index in [1.807, 2.05) is 17.2 Å². The Morgan fingerprint density at radius 2 is 2.17 bits per heavy atom. The molecule has 1 aliphatic rings. The molecule has 2 aromatic rings. The van der Waals surface area contributed by atoms with Gasteiger partial charge in [-0.05, 0) is 37.6 Å². The summed E-state index contributed by atoms with van der Waals surface area (Å²) in [5.41, 5.74) is 1.38. The first-order chi connectivity index (χ1) is 11.5.